The Balaban J connectivity index is 2.90. The van der Waals surface area contributed by atoms with Gasteiger partial charge < -0.3 is 9.84 Å². The first kappa shape index (κ1) is 10.5. The lowest BCUT2D eigenvalue weighted by atomic mass is 10.2. The zero-order valence-corrected chi connectivity index (χ0v) is 9.21. The van der Waals surface area contributed by atoms with E-state index >= 15 is 0 Å². The Kier molecular flexibility index (Phi) is 3.69. The molecular formula is C9H12BrNO2. The molecule has 1 heterocycles. The number of hydrogen-bond donors (Lipinski definition) is 1. The maximum atomic E-state index is 9.19. The van der Waals surface area contributed by atoms with Crippen molar-refractivity contribution in [1.29, 1.82) is 0 Å². The average Bonchev–Trinajstić information content (AvgIpc) is 2.08. The van der Waals surface area contributed by atoms with Gasteiger partial charge in [0.25, 0.3) is 0 Å². The van der Waals surface area contributed by atoms with Crippen molar-refractivity contribution < 1.29 is 9.84 Å². The van der Waals surface area contributed by atoms with Crippen LogP contribution in [0.4, 0.5) is 0 Å². The molecule has 0 aliphatic carbocycles. The first-order valence-corrected chi connectivity index (χ1v) is 4.80. The Labute approximate surface area is 85.9 Å². The molecule has 1 aromatic rings. The van der Waals surface area contributed by atoms with E-state index in [1.807, 2.05) is 6.07 Å². The van der Waals surface area contributed by atoms with Crippen molar-refractivity contribution >= 4 is 15.9 Å². The molecule has 1 aromatic heterocycles. The molecule has 1 unspecified atom stereocenters. The fourth-order valence-electron chi connectivity index (χ4n) is 1.00. The van der Waals surface area contributed by atoms with Crippen LogP contribution in [0.1, 0.15) is 12.6 Å². The molecule has 0 bridgehead atoms. The molecular weight excluding hydrogens is 234 g/mol. The molecule has 0 aromatic carbocycles. The second-order valence-electron chi connectivity index (χ2n) is 2.84. The second kappa shape index (κ2) is 4.58. The number of ether oxygens (including phenoxy) is 1. The molecule has 13 heavy (non-hydrogen) atoms. The van der Waals surface area contributed by atoms with E-state index in [2.05, 4.69) is 20.9 Å². The number of rotatable bonds is 3. The van der Waals surface area contributed by atoms with E-state index < -0.39 is 6.10 Å². The van der Waals surface area contributed by atoms with Gasteiger partial charge in [-0.15, -0.1) is 0 Å². The fourth-order valence-corrected chi connectivity index (χ4v) is 1.38. The van der Waals surface area contributed by atoms with Crippen molar-refractivity contribution in [2.75, 3.05) is 7.11 Å². The van der Waals surface area contributed by atoms with Gasteiger partial charge in [0.05, 0.1) is 18.9 Å². The summed E-state index contributed by atoms with van der Waals surface area (Å²) in [6, 6.07) is 3.64. The number of aliphatic hydroxyl groups is 1. The molecule has 0 fully saturated rings. The van der Waals surface area contributed by atoms with Crippen molar-refractivity contribution in [3.63, 3.8) is 0 Å². The third-order valence-electron chi connectivity index (χ3n) is 1.59. The molecule has 0 saturated heterocycles. The van der Waals surface area contributed by atoms with Crippen LogP contribution in [-0.2, 0) is 6.42 Å². The zero-order valence-electron chi connectivity index (χ0n) is 7.62. The molecule has 1 atom stereocenters. The highest BCUT2D eigenvalue weighted by atomic mass is 79.9. The molecule has 0 amide bonds. The van der Waals surface area contributed by atoms with Crippen LogP contribution in [0, 0.1) is 0 Å². The minimum Gasteiger partial charge on any atom is -0.481 e. The molecule has 1 N–H and O–H groups in total. The largest absolute Gasteiger partial charge is 0.481 e. The molecule has 0 aliphatic heterocycles. The summed E-state index contributed by atoms with van der Waals surface area (Å²) in [4.78, 5) is 4.20. The fraction of sp³-hybridized carbons (Fsp3) is 0.444. The Morgan fingerprint density at radius 3 is 2.85 bits per heavy atom. The Bertz CT molecular complexity index is 289. The maximum Gasteiger partial charge on any atom is 0.213 e. The van der Waals surface area contributed by atoms with Crippen molar-refractivity contribution in [1.82, 2.24) is 4.98 Å². The quantitative estimate of drug-likeness (QED) is 0.883. The number of aliphatic hydroxyl groups excluding tert-OH is 1. The van der Waals surface area contributed by atoms with Gasteiger partial charge in [-0.3, -0.25) is 0 Å². The van der Waals surface area contributed by atoms with E-state index in [9.17, 15) is 5.11 Å². The average molecular weight is 246 g/mol. The summed E-state index contributed by atoms with van der Waals surface area (Å²) in [7, 11) is 1.57. The summed E-state index contributed by atoms with van der Waals surface area (Å²) < 4.78 is 5.88. The Hall–Kier alpha value is -0.610. The summed E-state index contributed by atoms with van der Waals surface area (Å²) in [5.41, 5.74) is 0.814. The van der Waals surface area contributed by atoms with E-state index in [1.165, 1.54) is 0 Å². The number of halogens is 1. The van der Waals surface area contributed by atoms with Gasteiger partial charge in [-0.1, -0.05) is 0 Å². The molecule has 4 heteroatoms. The highest BCUT2D eigenvalue weighted by Crippen LogP contribution is 2.19. The van der Waals surface area contributed by atoms with Gasteiger partial charge in [-0.05, 0) is 28.9 Å². The van der Waals surface area contributed by atoms with Crippen molar-refractivity contribution in [2.24, 2.45) is 0 Å². The molecule has 3 nitrogen and oxygen atoms in total. The van der Waals surface area contributed by atoms with Crippen molar-refractivity contribution in [2.45, 2.75) is 19.4 Å². The molecule has 0 aliphatic rings. The van der Waals surface area contributed by atoms with Gasteiger partial charge in [-0.2, -0.15) is 0 Å². The number of hydrogen-bond acceptors (Lipinski definition) is 3. The highest BCUT2D eigenvalue weighted by Gasteiger charge is 2.06. The van der Waals surface area contributed by atoms with E-state index in [0.717, 1.165) is 10.2 Å². The van der Waals surface area contributed by atoms with Crippen molar-refractivity contribution in [3.05, 3.63) is 22.3 Å². The van der Waals surface area contributed by atoms with Gasteiger partial charge in [0.2, 0.25) is 5.88 Å². The smallest absolute Gasteiger partial charge is 0.213 e. The summed E-state index contributed by atoms with van der Waals surface area (Å²) in [6.07, 6.45) is 0.133. The van der Waals surface area contributed by atoms with Crippen LogP contribution in [0.5, 0.6) is 5.88 Å². The Morgan fingerprint density at radius 1 is 1.62 bits per heavy atom. The summed E-state index contributed by atoms with van der Waals surface area (Å²) in [6.45, 7) is 1.73. The summed E-state index contributed by atoms with van der Waals surface area (Å²) >= 11 is 3.36. The van der Waals surface area contributed by atoms with E-state index in [1.54, 1.807) is 20.1 Å². The number of methoxy groups -OCH3 is 1. The molecule has 72 valence electrons. The van der Waals surface area contributed by atoms with Gasteiger partial charge >= 0.3 is 0 Å². The van der Waals surface area contributed by atoms with Gasteiger partial charge in [0.15, 0.2) is 0 Å². The minimum atomic E-state index is -0.393. The number of nitrogens with zero attached hydrogens (tertiary/aromatic N) is 1. The number of pyridine rings is 1. The topological polar surface area (TPSA) is 42.4 Å². The maximum absolute atomic E-state index is 9.19. The standard InChI is InChI=1S/C9H12BrNO2/c1-6(12)5-8-7(10)3-4-9(11-8)13-2/h3-4,6,12H,5H2,1-2H3. The molecule has 1 rings (SSSR count). The lowest BCUT2D eigenvalue weighted by Crippen LogP contribution is -2.07. The SMILES string of the molecule is COc1ccc(Br)c(CC(C)O)n1. The first-order valence-electron chi connectivity index (χ1n) is 4.01. The van der Waals surface area contributed by atoms with E-state index in [4.69, 9.17) is 4.74 Å². The third-order valence-corrected chi connectivity index (χ3v) is 2.31. The molecule has 0 saturated carbocycles. The predicted octanol–water partition coefficient (Wildman–Crippen LogP) is 1.78. The monoisotopic (exact) mass is 245 g/mol. The van der Waals surface area contributed by atoms with E-state index in [0.29, 0.717) is 12.3 Å². The molecule has 0 radical (unpaired) electrons. The highest BCUT2D eigenvalue weighted by molar-refractivity contribution is 9.10. The van der Waals surface area contributed by atoms with E-state index in [-0.39, 0.29) is 0 Å². The summed E-state index contributed by atoms with van der Waals surface area (Å²) in [5, 5.41) is 9.19. The zero-order chi connectivity index (χ0) is 9.84. The predicted molar refractivity (Wildman–Crippen MR) is 53.9 cm³/mol. The minimum absolute atomic E-state index is 0.393. The Morgan fingerprint density at radius 2 is 2.31 bits per heavy atom. The lowest BCUT2D eigenvalue weighted by Gasteiger charge is -2.07. The first-order chi connectivity index (χ1) is 6.13. The van der Waals surface area contributed by atoms with Gasteiger partial charge in [-0.25, -0.2) is 4.98 Å². The van der Waals surface area contributed by atoms with Crippen LogP contribution in [0.25, 0.3) is 0 Å². The number of aromatic nitrogens is 1. The van der Waals surface area contributed by atoms with Crippen LogP contribution in [-0.4, -0.2) is 23.3 Å². The van der Waals surface area contributed by atoms with Crippen LogP contribution >= 0.6 is 15.9 Å². The van der Waals surface area contributed by atoms with Gasteiger partial charge in [0, 0.05) is 17.0 Å². The normalized spacial score (nSPS) is 12.6. The van der Waals surface area contributed by atoms with Gasteiger partial charge in [0.1, 0.15) is 0 Å². The van der Waals surface area contributed by atoms with Crippen molar-refractivity contribution in [3.8, 4) is 5.88 Å². The molecule has 0 spiro atoms. The summed E-state index contributed by atoms with van der Waals surface area (Å²) in [5.74, 6) is 0.568. The second-order valence-corrected chi connectivity index (χ2v) is 3.69. The van der Waals surface area contributed by atoms with Crippen LogP contribution in [0.15, 0.2) is 16.6 Å². The van der Waals surface area contributed by atoms with Crippen LogP contribution < -0.4 is 4.74 Å². The lowest BCUT2D eigenvalue weighted by molar-refractivity contribution is 0.193. The van der Waals surface area contributed by atoms with Crippen LogP contribution in [0.2, 0.25) is 0 Å². The third kappa shape index (κ3) is 2.97. The van der Waals surface area contributed by atoms with Crippen LogP contribution in [0.3, 0.4) is 0 Å².